The number of piperidine rings is 1. The van der Waals surface area contributed by atoms with Gasteiger partial charge in [0.2, 0.25) is 0 Å². The lowest BCUT2D eigenvalue weighted by Crippen LogP contribution is -2.38. The average Bonchev–Trinajstić information content (AvgIpc) is 2.53. The summed E-state index contributed by atoms with van der Waals surface area (Å²) in [5.41, 5.74) is 3.14. The second-order valence-electron chi connectivity index (χ2n) is 5.29. The lowest BCUT2D eigenvalue weighted by molar-refractivity contribution is 0.0755. The van der Waals surface area contributed by atoms with Gasteiger partial charge in [0.15, 0.2) is 0 Å². The van der Waals surface area contributed by atoms with Crippen LogP contribution in [0.15, 0.2) is 35.5 Å². The van der Waals surface area contributed by atoms with E-state index in [4.69, 9.17) is 5.21 Å². The van der Waals surface area contributed by atoms with E-state index in [0.29, 0.717) is 31.5 Å². The number of oxime groups is 1. The van der Waals surface area contributed by atoms with E-state index >= 15 is 0 Å². The molecule has 1 aromatic carbocycles. The number of aryl methyl sites for hydroxylation is 1. The third kappa shape index (κ3) is 2.59. The molecule has 0 atom stereocenters. The monoisotopic (exact) mass is 283 g/mol. The molecule has 5 heteroatoms. The molecular weight excluding hydrogens is 266 g/mol. The van der Waals surface area contributed by atoms with Crippen molar-refractivity contribution in [2.24, 2.45) is 5.16 Å². The highest BCUT2D eigenvalue weighted by molar-refractivity contribution is 6.06. The Morgan fingerprint density at radius 1 is 1.29 bits per heavy atom. The molecule has 3 rings (SSSR count). The van der Waals surface area contributed by atoms with Crippen molar-refractivity contribution in [1.82, 2.24) is 9.88 Å². The van der Waals surface area contributed by atoms with Crippen molar-refractivity contribution in [3.63, 3.8) is 0 Å². The molecule has 0 aliphatic carbocycles. The van der Waals surface area contributed by atoms with Crippen LogP contribution in [0.3, 0.4) is 0 Å². The van der Waals surface area contributed by atoms with E-state index < -0.39 is 0 Å². The molecule has 0 saturated carbocycles. The number of nitrogens with zero attached hydrogens (tertiary/aromatic N) is 3. The molecule has 0 radical (unpaired) electrons. The topological polar surface area (TPSA) is 65.8 Å². The normalized spacial score (nSPS) is 15.3. The van der Waals surface area contributed by atoms with Gasteiger partial charge in [0.1, 0.15) is 0 Å². The summed E-state index contributed by atoms with van der Waals surface area (Å²) < 4.78 is 0. The summed E-state index contributed by atoms with van der Waals surface area (Å²) in [5, 5.41) is 12.9. The van der Waals surface area contributed by atoms with Gasteiger partial charge in [-0.2, -0.15) is 0 Å². The molecule has 5 nitrogen and oxygen atoms in total. The van der Waals surface area contributed by atoms with Gasteiger partial charge in [-0.3, -0.25) is 9.78 Å². The van der Waals surface area contributed by atoms with Gasteiger partial charge >= 0.3 is 0 Å². The molecule has 0 unspecified atom stereocenters. The lowest BCUT2D eigenvalue weighted by atomic mass is 10.0. The summed E-state index contributed by atoms with van der Waals surface area (Å²) in [6.45, 7) is 3.08. The highest BCUT2D eigenvalue weighted by atomic mass is 16.4. The summed E-state index contributed by atoms with van der Waals surface area (Å²) in [6, 6.07) is 9.54. The molecule has 1 aromatic heterocycles. The predicted molar refractivity (Wildman–Crippen MR) is 80.8 cm³/mol. The Balaban J connectivity index is 1.95. The molecule has 1 fully saturated rings. The maximum atomic E-state index is 12.8. The number of amides is 1. The summed E-state index contributed by atoms with van der Waals surface area (Å²) in [6.07, 6.45) is 1.26. The van der Waals surface area contributed by atoms with Crippen LogP contribution in [0.5, 0.6) is 0 Å². The second-order valence-corrected chi connectivity index (χ2v) is 5.29. The van der Waals surface area contributed by atoms with Gasteiger partial charge in [0, 0.05) is 37.0 Å². The predicted octanol–water partition coefficient (Wildman–Crippen LogP) is 2.61. The molecule has 2 aromatic rings. The van der Waals surface area contributed by atoms with Crippen LogP contribution in [0.4, 0.5) is 0 Å². The maximum Gasteiger partial charge on any atom is 0.254 e. The number of rotatable bonds is 1. The summed E-state index contributed by atoms with van der Waals surface area (Å²) >= 11 is 0. The summed E-state index contributed by atoms with van der Waals surface area (Å²) in [4.78, 5) is 19.0. The molecule has 1 aliphatic rings. The average molecular weight is 283 g/mol. The number of hydrogen-bond acceptors (Lipinski definition) is 4. The van der Waals surface area contributed by atoms with E-state index in [1.165, 1.54) is 0 Å². The minimum Gasteiger partial charge on any atom is -0.411 e. The largest absolute Gasteiger partial charge is 0.411 e. The number of likely N-dealkylation sites (tertiary alicyclic amines) is 1. The van der Waals surface area contributed by atoms with Crippen molar-refractivity contribution < 1.29 is 10.0 Å². The van der Waals surface area contributed by atoms with Crippen LogP contribution >= 0.6 is 0 Å². The molecule has 0 spiro atoms. The molecule has 0 bridgehead atoms. The zero-order valence-corrected chi connectivity index (χ0v) is 11.9. The molecule has 21 heavy (non-hydrogen) atoms. The minimum atomic E-state index is 0.0219. The van der Waals surface area contributed by atoms with Gasteiger partial charge in [-0.25, -0.2) is 0 Å². The molecule has 1 aliphatic heterocycles. The zero-order chi connectivity index (χ0) is 14.8. The Morgan fingerprint density at radius 3 is 2.71 bits per heavy atom. The van der Waals surface area contributed by atoms with Gasteiger partial charge < -0.3 is 10.1 Å². The number of fused-ring (bicyclic) bond motifs is 1. The Labute approximate surface area is 122 Å². The van der Waals surface area contributed by atoms with Gasteiger partial charge in [-0.05, 0) is 19.1 Å². The fraction of sp³-hybridized carbons (Fsp3) is 0.312. The van der Waals surface area contributed by atoms with E-state index in [1.54, 1.807) is 0 Å². The molecule has 2 heterocycles. The van der Waals surface area contributed by atoms with E-state index in [0.717, 1.165) is 22.3 Å². The number of benzene rings is 1. The maximum absolute atomic E-state index is 12.8. The third-order valence-corrected chi connectivity index (χ3v) is 3.84. The van der Waals surface area contributed by atoms with E-state index in [2.05, 4.69) is 10.1 Å². The first kappa shape index (κ1) is 13.5. The zero-order valence-electron chi connectivity index (χ0n) is 11.9. The number of aromatic nitrogens is 1. The van der Waals surface area contributed by atoms with E-state index in [9.17, 15) is 4.79 Å². The Morgan fingerprint density at radius 2 is 2.00 bits per heavy atom. The molecular formula is C16H17N3O2. The number of carbonyl (C=O) groups excluding carboxylic acids is 1. The Bertz CT molecular complexity index is 715. The smallest absolute Gasteiger partial charge is 0.254 e. The Kier molecular flexibility index (Phi) is 3.56. The summed E-state index contributed by atoms with van der Waals surface area (Å²) in [7, 11) is 0. The number of para-hydroxylation sites is 1. The van der Waals surface area contributed by atoms with Crippen LogP contribution in [-0.2, 0) is 0 Å². The first-order valence-corrected chi connectivity index (χ1v) is 7.04. The quantitative estimate of drug-likeness (QED) is 0.646. The fourth-order valence-electron chi connectivity index (χ4n) is 2.72. The highest BCUT2D eigenvalue weighted by Crippen LogP contribution is 2.21. The van der Waals surface area contributed by atoms with Gasteiger partial charge in [0.25, 0.3) is 5.91 Å². The molecule has 108 valence electrons. The van der Waals surface area contributed by atoms with Crippen LogP contribution in [0.25, 0.3) is 10.9 Å². The first-order valence-electron chi connectivity index (χ1n) is 7.04. The van der Waals surface area contributed by atoms with Crippen molar-refractivity contribution in [3.05, 3.63) is 41.6 Å². The van der Waals surface area contributed by atoms with Crippen molar-refractivity contribution in [2.75, 3.05) is 13.1 Å². The third-order valence-electron chi connectivity index (χ3n) is 3.84. The molecule has 1 N–H and O–H groups in total. The van der Waals surface area contributed by atoms with Crippen molar-refractivity contribution in [2.45, 2.75) is 19.8 Å². The SMILES string of the molecule is Cc1cc(C(=O)N2CCC(=NO)CC2)c2ccccc2n1. The van der Waals surface area contributed by atoms with E-state index in [-0.39, 0.29) is 5.91 Å². The highest BCUT2D eigenvalue weighted by Gasteiger charge is 2.23. The van der Waals surface area contributed by atoms with Gasteiger partial charge in [-0.15, -0.1) is 0 Å². The fourth-order valence-corrected chi connectivity index (χ4v) is 2.72. The van der Waals surface area contributed by atoms with Crippen LogP contribution < -0.4 is 0 Å². The van der Waals surface area contributed by atoms with Crippen LogP contribution in [0, 0.1) is 6.92 Å². The molecule has 1 amide bonds. The Hall–Kier alpha value is -2.43. The van der Waals surface area contributed by atoms with Crippen LogP contribution in [0.2, 0.25) is 0 Å². The number of carbonyl (C=O) groups is 1. The molecule has 1 saturated heterocycles. The summed E-state index contributed by atoms with van der Waals surface area (Å²) in [5.74, 6) is 0.0219. The minimum absolute atomic E-state index is 0.0219. The van der Waals surface area contributed by atoms with Crippen molar-refractivity contribution >= 4 is 22.5 Å². The second kappa shape index (κ2) is 5.52. The van der Waals surface area contributed by atoms with Crippen LogP contribution in [-0.4, -0.2) is 39.8 Å². The van der Waals surface area contributed by atoms with Crippen molar-refractivity contribution in [1.29, 1.82) is 0 Å². The standard InChI is InChI=1S/C16H17N3O2/c1-11-10-14(13-4-2-3-5-15(13)17-11)16(20)19-8-6-12(18-21)7-9-19/h2-5,10,21H,6-9H2,1H3. The van der Waals surface area contributed by atoms with Crippen LogP contribution in [0.1, 0.15) is 28.9 Å². The lowest BCUT2D eigenvalue weighted by Gasteiger charge is -2.27. The van der Waals surface area contributed by atoms with E-state index in [1.807, 2.05) is 42.2 Å². The van der Waals surface area contributed by atoms with Gasteiger partial charge in [-0.1, -0.05) is 23.4 Å². The number of hydrogen-bond donors (Lipinski definition) is 1. The first-order chi connectivity index (χ1) is 10.2. The number of pyridine rings is 1. The van der Waals surface area contributed by atoms with Gasteiger partial charge in [0.05, 0.1) is 16.8 Å². The van der Waals surface area contributed by atoms with Crippen molar-refractivity contribution in [3.8, 4) is 0 Å².